The van der Waals surface area contributed by atoms with E-state index in [2.05, 4.69) is 20.6 Å². The zero-order valence-corrected chi connectivity index (χ0v) is 13.5. The Balaban J connectivity index is 1.83. The van der Waals surface area contributed by atoms with Crippen molar-refractivity contribution in [1.82, 2.24) is 20.0 Å². The average molecular weight is 343 g/mol. The lowest BCUT2D eigenvalue weighted by atomic mass is 10.1. The normalized spacial score (nSPS) is 10.4. The first-order valence-corrected chi connectivity index (χ1v) is 7.82. The van der Waals surface area contributed by atoms with Crippen molar-refractivity contribution < 1.29 is 9.53 Å². The van der Waals surface area contributed by atoms with Crippen LogP contribution in [0.3, 0.4) is 0 Å². The van der Waals surface area contributed by atoms with Crippen molar-refractivity contribution in [3.8, 4) is 17.0 Å². The number of hydrogen-bond donors (Lipinski definition) is 1. The number of carbonyl (C=O) groups is 1. The van der Waals surface area contributed by atoms with Crippen molar-refractivity contribution in [2.45, 2.75) is 6.54 Å². The second-order valence-electron chi connectivity index (χ2n) is 4.74. The minimum absolute atomic E-state index is 0.212. The molecule has 3 aromatic rings. The van der Waals surface area contributed by atoms with Crippen LogP contribution in [0.15, 0.2) is 46.7 Å². The van der Waals surface area contributed by atoms with Crippen LogP contribution in [0, 0.1) is 0 Å². The number of anilines is 1. The SMILES string of the molecule is COc1cccc(-c2ccc(=O)n(CC(=O)Nc3nncs3)n2)c1. The quantitative estimate of drug-likeness (QED) is 0.752. The van der Waals surface area contributed by atoms with Crippen molar-refractivity contribution in [2.75, 3.05) is 12.4 Å². The molecule has 8 nitrogen and oxygen atoms in total. The average Bonchev–Trinajstić information content (AvgIpc) is 3.09. The monoisotopic (exact) mass is 343 g/mol. The third kappa shape index (κ3) is 3.63. The summed E-state index contributed by atoms with van der Waals surface area (Å²) in [5, 5.41) is 14.5. The van der Waals surface area contributed by atoms with Crippen LogP contribution in [0.25, 0.3) is 11.3 Å². The van der Waals surface area contributed by atoms with Gasteiger partial charge in [0.05, 0.1) is 12.8 Å². The number of carbonyl (C=O) groups excluding carboxylic acids is 1. The highest BCUT2D eigenvalue weighted by Crippen LogP contribution is 2.21. The van der Waals surface area contributed by atoms with E-state index >= 15 is 0 Å². The standard InChI is InChI=1S/C15H13N5O3S/c1-23-11-4-2-3-10(7-11)12-5-6-14(22)20(19-12)8-13(21)17-15-18-16-9-24-15/h2-7,9H,8H2,1H3,(H,17,18,21). The van der Waals surface area contributed by atoms with E-state index in [4.69, 9.17) is 4.74 Å². The highest BCUT2D eigenvalue weighted by atomic mass is 32.1. The molecule has 0 aliphatic rings. The number of ether oxygens (including phenoxy) is 1. The predicted molar refractivity (Wildman–Crippen MR) is 89.0 cm³/mol. The van der Waals surface area contributed by atoms with Crippen molar-refractivity contribution >= 4 is 22.4 Å². The summed E-state index contributed by atoms with van der Waals surface area (Å²) in [5.41, 5.74) is 2.49. The molecule has 24 heavy (non-hydrogen) atoms. The Morgan fingerprint density at radius 1 is 1.33 bits per heavy atom. The smallest absolute Gasteiger partial charge is 0.267 e. The molecule has 9 heteroatoms. The Morgan fingerprint density at radius 2 is 2.21 bits per heavy atom. The summed E-state index contributed by atoms with van der Waals surface area (Å²) >= 11 is 1.19. The molecular formula is C15H13N5O3S. The molecule has 0 atom stereocenters. The molecule has 3 rings (SSSR count). The fraction of sp³-hybridized carbons (Fsp3) is 0.133. The van der Waals surface area contributed by atoms with Gasteiger partial charge in [-0.25, -0.2) is 4.68 Å². The zero-order valence-electron chi connectivity index (χ0n) is 12.7. The van der Waals surface area contributed by atoms with Crippen molar-refractivity contribution in [3.05, 3.63) is 52.3 Å². The topological polar surface area (TPSA) is 99.0 Å². The summed E-state index contributed by atoms with van der Waals surface area (Å²) in [4.78, 5) is 23.9. The summed E-state index contributed by atoms with van der Waals surface area (Å²) in [5.74, 6) is 0.283. The van der Waals surface area contributed by atoms with Crippen LogP contribution in [-0.4, -0.2) is 33.0 Å². The number of hydrogen-bond acceptors (Lipinski definition) is 7. The molecule has 2 heterocycles. The van der Waals surface area contributed by atoms with Gasteiger partial charge in [0, 0.05) is 11.6 Å². The molecule has 0 saturated carbocycles. The molecule has 0 saturated heterocycles. The van der Waals surface area contributed by atoms with Crippen molar-refractivity contribution in [2.24, 2.45) is 0 Å². The molecule has 2 aromatic heterocycles. The van der Waals surface area contributed by atoms with Gasteiger partial charge < -0.3 is 4.74 Å². The summed E-state index contributed by atoms with van der Waals surface area (Å²) in [6, 6.07) is 10.3. The number of nitrogens with one attached hydrogen (secondary N) is 1. The molecule has 0 spiro atoms. The summed E-state index contributed by atoms with van der Waals surface area (Å²) in [6.45, 7) is -0.212. The van der Waals surface area contributed by atoms with Crippen LogP contribution in [0.2, 0.25) is 0 Å². The van der Waals surface area contributed by atoms with E-state index in [1.54, 1.807) is 19.2 Å². The first kappa shape index (κ1) is 15.8. The molecule has 1 amide bonds. The second-order valence-corrected chi connectivity index (χ2v) is 5.57. The van der Waals surface area contributed by atoms with Gasteiger partial charge >= 0.3 is 0 Å². The fourth-order valence-corrected chi connectivity index (χ4v) is 2.48. The van der Waals surface area contributed by atoms with Crippen LogP contribution in [0.1, 0.15) is 0 Å². The van der Waals surface area contributed by atoms with Crippen molar-refractivity contribution in [1.29, 1.82) is 0 Å². The molecule has 0 aliphatic carbocycles. The number of amides is 1. The number of benzene rings is 1. The van der Waals surface area contributed by atoms with Gasteiger partial charge in [-0.2, -0.15) is 5.10 Å². The van der Waals surface area contributed by atoms with Gasteiger partial charge in [0.25, 0.3) is 5.56 Å². The highest BCUT2D eigenvalue weighted by Gasteiger charge is 2.10. The Bertz CT molecular complexity index is 907. The second kappa shape index (κ2) is 7.01. The zero-order chi connectivity index (χ0) is 16.9. The molecule has 1 N–H and O–H groups in total. The Hall–Kier alpha value is -3.07. The summed E-state index contributed by atoms with van der Waals surface area (Å²) < 4.78 is 6.28. The van der Waals surface area contributed by atoms with E-state index in [1.807, 2.05) is 18.2 Å². The number of nitrogens with zero attached hydrogens (tertiary/aromatic N) is 4. The number of aromatic nitrogens is 4. The van der Waals surface area contributed by atoms with E-state index in [1.165, 1.54) is 22.9 Å². The third-order valence-corrected chi connectivity index (χ3v) is 3.74. The molecule has 0 bridgehead atoms. The number of rotatable bonds is 5. The highest BCUT2D eigenvalue weighted by molar-refractivity contribution is 7.13. The first-order chi connectivity index (χ1) is 11.7. The molecule has 1 aromatic carbocycles. The van der Waals surface area contributed by atoms with Gasteiger partial charge in [-0.05, 0) is 18.2 Å². The van der Waals surface area contributed by atoms with Gasteiger partial charge in [-0.1, -0.05) is 23.5 Å². The van der Waals surface area contributed by atoms with Gasteiger partial charge in [0.15, 0.2) is 0 Å². The maximum atomic E-state index is 12.0. The van der Waals surface area contributed by atoms with Gasteiger partial charge in [0.2, 0.25) is 11.0 Å². The lowest BCUT2D eigenvalue weighted by molar-refractivity contribution is -0.117. The fourth-order valence-electron chi connectivity index (χ4n) is 2.02. The molecular weight excluding hydrogens is 330 g/mol. The third-order valence-electron chi connectivity index (χ3n) is 3.13. The first-order valence-electron chi connectivity index (χ1n) is 6.94. The number of methoxy groups -OCH3 is 1. The molecule has 0 radical (unpaired) electrons. The molecule has 122 valence electrons. The minimum Gasteiger partial charge on any atom is -0.497 e. The van der Waals surface area contributed by atoms with Crippen LogP contribution in [-0.2, 0) is 11.3 Å². The van der Waals surface area contributed by atoms with E-state index in [9.17, 15) is 9.59 Å². The molecule has 0 aliphatic heterocycles. The van der Waals surface area contributed by atoms with E-state index < -0.39 is 5.91 Å². The van der Waals surface area contributed by atoms with Crippen LogP contribution < -0.4 is 15.6 Å². The van der Waals surface area contributed by atoms with E-state index in [0.717, 1.165) is 10.2 Å². The van der Waals surface area contributed by atoms with Gasteiger partial charge in [0.1, 0.15) is 17.8 Å². The maximum Gasteiger partial charge on any atom is 0.267 e. The molecule has 0 unspecified atom stereocenters. The van der Waals surface area contributed by atoms with Crippen LogP contribution in [0.5, 0.6) is 5.75 Å². The van der Waals surface area contributed by atoms with Gasteiger partial charge in [-0.15, -0.1) is 10.2 Å². The summed E-state index contributed by atoms with van der Waals surface area (Å²) in [7, 11) is 1.57. The molecule has 0 fully saturated rings. The predicted octanol–water partition coefficient (Wildman–Crippen LogP) is 1.41. The van der Waals surface area contributed by atoms with Crippen molar-refractivity contribution in [3.63, 3.8) is 0 Å². The Kier molecular flexibility index (Phi) is 4.62. The lowest BCUT2D eigenvalue weighted by Crippen LogP contribution is -2.29. The van der Waals surface area contributed by atoms with Crippen LogP contribution in [0.4, 0.5) is 5.13 Å². The van der Waals surface area contributed by atoms with Gasteiger partial charge in [-0.3, -0.25) is 14.9 Å². The summed E-state index contributed by atoms with van der Waals surface area (Å²) in [6.07, 6.45) is 0. The largest absolute Gasteiger partial charge is 0.497 e. The van der Waals surface area contributed by atoms with E-state index in [-0.39, 0.29) is 12.1 Å². The van der Waals surface area contributed by atoms with Crippen LogP contribution >= 0.6 is 11.3 Å². The lowest BCUT2D eigenvalue weighted by Gasteiger charge is -2.08. The van der Waals surface area contributed by atoms with E-state index in [0.29, 0.717) is 16.6 Å². The minimum atomic E-state index is -0.399. The maximum absolute atomic E-state index is 12.0. The Morgan fingerprint density at radius 3 is 2.96 bits per heavy atom. The Labute approximate surface area is 140 Å².